The first-order valence-electron chi connectivity index (χ1n) is 6.49. The van der Waals surface area contributed by atoms with Gasteiger partial charge in [-0.15, -0.1) is 0 Å². The molecular formula is C16H16BrCl2NO. The van der Waals surface area contributed by atoms with Crippen molar-refractivity contribution in [3.8, 4) is 5.75 Å². The maximum Gasteiger partial charge on any atom is 0.124 e. The van der Waals surface area contributed by atoms with Gasteiger partial charge in [-0.3, -0.25) is 0 Å². The number of hydrogen-bond acceptors (Lipinski definition) is 2. The minimum atomic E-state index is 0.130. The highest BCUT2D eigenvalue weighted by Crippen LogP contribution is 2.31. The summed E-state index contributed by atoms with van der Waals surface area (Å²) in [7, 11) is 3.61. The summed E-state index contributed by atoms with van der Waals surface area (Å²) in [6, 6.07) is 11.9. The van der Waals surface area contributed by atoms with Gasteiger partial charge in [-0.2, -0.15) is 0 Å². The number of benzene rings is 2. The van der Waals surface area contributed by atoms with E-state index in [0.717, 1.165) is 27.8 Å². The lowest BCUT2D eigenvalue weighted by Crippen LogP contribution is -2.19. The Bertz CT molecular complexity index is 634. The number of halogens is 3. The molecule has 2 nitrogen and oxygen atoms in total. The molecule has 0 spiro atoms. The van der Waals surface area contributed by atoms with Gasteiger partial charge in [-0.05, 0) is 43.3 Å². The Morgan fingerprint density at radius 1 is 1.14 bits per heavy atom. The molecule has 0 aliphatic heterocycles. The second-order valence-electron chi connectivity index (χ2n) is 4.68. The van der Waals surface area contributed by atoms with Gasteiger partial charge in [0, 0.05) is 16.1 Å². The first-order valence-corrected chi connectivity index (χ1v) is 8.04. The highest BCUT2D eigenvalue weighted by Gasteiger charge is 2.16. The molecule has 21 heavy (non-hydrogen) atoms. The van der Waals surface area contributed by atoms with Crippen molar-refractivity contribution in [1.29, 1.82) is 0 Å². The molecule has 5 heteroatoms. The van der Waals surface area contributed by atoms with E-state index in [4.69, 9.17) is 27.9 Å². The molecule has 0 radical (unpaired) electrons. The fraction of sp³-hybridized carbons (Fsp3) is 0.250. The number of likely N-dealkylation sites (N-methyl/N-ethyl adjacent to an activating group) is 1. The minimum Gasteiger partial charge on any atom is -0.496 e. The number of methoxy groups -OCH3 is 1. The van der Waals surface area contributed by atoms with Crippen molar-refractivity contribution < 1.29 is 4.74 Å². The van der Waals surface area contributed by atoms with Crippen LogP contribution in [0.15, 0.2) is 40.9 Å². The number of rotatable bonds is 5. The summed E-state index contributed by atoms with van der Waals surface area (Å²) in [5.41, 5.74) is 2.22. The predicted octanol–water partition coefficient (Wildman–Crippen LogP) is 5.27. The van der Waals surface area contributed by atoms with Crippen LogP contribution >= 0.6 is 39.1 Å². The van der Waals surface area contributed by atoms with Crippen molar-refractivity contribution in [3.05, 3.63) is 62.0 Å². The van der Waals surface area contributed by atoms with Gasteiger partial charge in [-0.1, -0.05) is 51.3 Å². The van der Waals surface area contributed by atoms with Gasteiger partial charge in [-0.25, -0.2) is 0 Å². The molecule has 0 fully saturated rings. The first kappa shape index (κ1) is 16.6. The standard InChI is InChI=1S/C16H16BrCl2NO/c1-20-15(8-10-3-6-13(18)14(19)7-10)12-5-4-11(17)9-16(12)21-2/h3-7,9,15,20H,8H2,1-2H3. The van der Waals surface area contributed by atoms with Gasteiger partial charge >= 0.3 is 0 Å². The first-order chi connectivity index (χ1) is 10.0. The Balaban J connectivity index is 2.29. The molecule has 1 atom stereocenters. The van der Waals surface area contributed by atoms with Crippen LogP contribution in [0.2, 0.25) is 10.0 Å². The molecule has 0 saturated heterocycles. The SMILES string of the molecule is CNC(Cc1ccc(Cl)c(Cl)c1)c1ccc(Br)cc1OC. The van der Waals surface area contributed by atoms with E-state index in [0.29, 0.717) is 10.0 Å². The van der Waals surface area contributed by atoms with Crippen molar-refractivity contribution in [3.63, 3.8) is 0 Å². The third kappa shape index (κ3) is 4.13. The lowest BCUT2D eigenvalue weighted by Gasteiger charge is -2.20. The van der Waals surface area contributed by atoms with Crippen molar-refractivity contribution in [1.82, 2.24) is 5.32 Å². The number of ether oxygens (including phenoxy) is 1. The topological polar surface area (TPSA) is 21.3 Å². The van der Waals surface area contributed by atoms with Crippen LogP contribution in [0.4, 0.5) is 0 Å². The van der Waals surface area contributed by atoms with Gasteiger partial charge in [0.2, 0.25) is 0 Å². The zero-order valence-corrected chi connectivity index (χ0v) is 14.9. The van der Waals surface area contributed by atoms with Crippen LogP contribution in [0.1, 0.15) is 17.2 Å². The molecule has 0 saturated carbocycles. The van der Waals surface area contributed by atoms with Crippen LogP contribution < -0.4 is 10.1 Å². The van der Waals surface area contributed by atoms with Crippen LogP contribution in [0.5, 0.6) is 5.75 Å². The average Bonchev–Trinajstić information content (AvgIpc) is 2.48. The van der Waals surface area contributed by atoms with E-state index >= 15 is 0 Å². The Labute approximate surface area is 143 Å². The van der Waals surface area contributed by atoms with Gasteiger partial charge in [0.05, 0.1) is 17.2 Å². The highest BCUT2D eigenvalue weighted by atomic mass is 79.9. The highest BCUT2D eigenvalue weighted by molar-refractivity contribution is 9.10. The Hall–Kier alpha value is -0.740. The quantitative estimate of drug-likeness (QED) is 0.753. The molecule has 2 aromatic carbocycles. The summed E-state index contributed by atoms with van der Waals surface area (Å²) in [6.07, 6.45) is 0.797. The van der Waals surface area contributed by atoms with Crippen LogP contribution in [0.3, 0.4) is 0 Å². The molecule has 1 N–H and O–H groups in total. The minimum absolute atomic E-state index is 0.130. The summed E-state index contributed by atoms with van der Waals surface area (Å²) in [6.45, 7) is 0. The van der Waals surface area contributed by atoms with E-state index in [1.807, 2.05) is 37.4 Å². The molecule has 0 aromatic heterocycles. The van der Waals surface area contributed by atoms with Crippen molar-refractivity contribution in [2.24, 2.45) is 0 Å². The summed E-state index contributed by atoms with van der Waals surface area (Å²) in [4.78, 5) is 0. The van der Waals surface area contributed by atoms with Crippen LogP contribution in [0, 0.1) is 0 Å². The van der Waals surface area contributed by atoms with E-state index in [2.05, 4.69) is 27.3 Å². The Morgan fingerprint density at radius 2 is 1.90 bits per heavy atom. The molecule has 2 aromatic rings. The summed E-state index contributed by atoms with van der Waals surface area (Å²) < 4.78 is 6.47. The zero-order valence-electron chi connectivity index (χ0n) is 11.8. The third-order valence-corrected chi connectivity index (χ3v) is 4.58. The molecule has 0 bridgehead atoms. The van der Waals surface area contributed by atoms with Gasteiger partial charge in [0.25, 0.3) is 0 Å². The molecule has 1 unspecified atom stereocenters. The lowest BCUT2D eigenvalue weighted by molar-refractivity contribution is 0.401. The van der Waals surface area contributed by atoms with E-state index < -0.39 is 0 Å². The van der Waals surface area contributed by atoms with Gasteiger partial charge < -0.3 is 10.1 Å². The van der Waals surface area contributed by atoms with Gasteiger partial charge in [0.1, 0.15) is 5.75 Å². The number of hydrogen-bond donors (Lipinski definition) is 1. The normalized spacial score (nSPS) is 12.2. The maximum atomic E-state index is 6.08. The zero-order chi connectivity index (χ0) is 15.4. The van der Waals surface area contributed by atoms with Crippen LogP contribution in [-0.2, 0) is 6.42 Å². The fourth-order valence-electron chi connectivity index (χ4n) is 2.24. The van der Waals surface area contributed by atoms with Crippen LogP contribution in [-0.4, -0.2) is 14.2 Å². The molecule has 0 amide bonds. The van der Waals surface area contributed by atoms with Crippen molar-refractivity contribution >= 4 is 39.1 Å². The molecule has 0 heterocycles. The largest absolute Gasteiger partial charge is 0.496 e. The average molecular weight is 389 g/mol. The predicted molar refractivity (Wildman–Crippen MR) is 92.7 cm³/mol. The molecule has 2 rings (SSSR count). The van der Waals surface area contributed by atoms with E-state index in [9.17, 15) is 0 Å². The Kier molecular flexibility index (Phi) is 5.94. The number of nitrogens with one attached hydrogen (secondary N) is 1. The van der Waals surface area contributed by atoms with Gasteiger partial charge in [0.15, 0.2) is 0 Å². The molecular weight excluding hydrogens is 373 g/mol. The summed E-state index contributed by atoms with van der Waals surface area (Å²) in [5.74, 6) is 0.851. The molecule has 0 aliphatic rings. The maximum absolute atomic E-state index is 6.08. The van der Waals surface area contributed by atoms with Crippen LogP contribution in [0.25, 0.3) is 0 Å². The van der Waals surface area contributed by atoms with E-state index in [1.165, 1.54) is 0 Å². The molecule has 0 aliphatic carbocycles. The smallest absolute Gasteiger partial charge is 0.124 e. The second-order valence-corrected chi connectivity index (χ2v) is 6.41. The lowest BCUT2D eigenvalue weighted by atomic mass is 9.98. The Morgan fingerprint density at radius 3 is 2.52 bits per heavy atom. The fourth-order valence-corrected chi connectivity index (χ4v) is 2.90. The van der Waals surface area contributed by atoms with E-state index in [-0.39, 0.29) is 6.04 Å². The summed E-state index contributed by atoms with van der Waals surface area (Å²) >= 11 is 15.5. The third-order valence-electron chi connectivity index (χ3n) is 3.34. The van der Waals surface area contributed by atoms with E-state index in [1.54, 1.807) is 7.11 Å². The molecule has 112 valence electrons. The van der Waals surface area contributed by atoms with Crippen molar-refractivity contribution in [2.45, 2.75) is 12.5 Å². The summed E-state index contributed by atoms with van der Waals surface area (Å²) in [5, 5.41) is 4.47. The monoisotopic (exact) mass is 387 g/mol. The second kappa shape index (κ2) is 7.50. The van der Waals surface area contributed by atoms with Crippen molar-refractivity contribution in [2.75, 3.05) is 14.2 Å².